The number of Topliss-reactive ketones (excluding diaryl/α,β-unsaturated/α-hetero) is 1. The summed E-state index contributed by atoms with van der Waals surface area (Å²) in [6.07, 6.45) is 5.02. The van der Waals surface area contributed by atoms with Gasteiger partial charge in [-0.15, -0.1) is 5.10 Å². The molecule has 0 radical (unpaired) electrons. The zero-order chi connectivity index (χ0) is 19.7. The first-order valence-corrected chi connectivity index (χ1v) is 11.1. The first-order valence-electron chi connectivity index (χ1n) is 10.2. The Morgan fingerprint density at radius 1 is 1.21 bits per heavy atom. The zero-order valence-electron chi connectivity index (χ0n) is 16.9. The lowest BCUT2D eigenvalue weighted by molar-refractivity contribution is -0.118. The first kappa shape index (κ1) is 19.2. The SMILES string of the molecule is CCCCCSc1nc2n(n1)[C@H](c1ccccc1)C1=C(CC(C)(C)CC1=O)N2. The Morgan fingerprint density at radius 2 is 2.00 bits per heavy atom. The number of nitrogens with one attached hydrogen (secondary N) is 1. The summed E-state index contributed by atoms with van der Waals surface area (Å²) in [5, 5.41) is 9.01. The van der Waals surface area contributed by atoms with Gasteiger partial charge in [0.2, 0.25) is 11.1 Å². The standard InChI is InChI=1S/C22H28N4OS/c1-4-5-9-12-28-21-24-20-23-16-13-22(2,3)14-17(27)18(16)19(26(20)25-21)15-10-7-6-8-11-15/h6-8,10-11,19H,4-5,9,12-14H2,1-3H3,(H,23,24,25)/t19-/m1/s1. The monoisotopic (exact) mass is 396 g/mol. The van der Waals surface area contributed by atoms with Gasteiger partial charge in [-0.05, 0) is 23.8 Å². The van der Waals surface area contributed by atoms with Crippen molar-refractivity contribution in [2.24, 2.45) is 5.41 Å². The molecule has 0 bridgehead atoms. The van der Waals surface area contributed by atoms with E-state index in [1.54, 1.807) is 11.8 Å². The van der Waals surface area contributed by atoms with Crippen LogP contribution in [0.2, 0.25) is 0 Å². The number of rotatable bonds is 6. The highest BCUT2D eigenvalue weighted by atomic mass is 32.2. The highest BCUT2D eigenvalue weighted by Gasteiger charge is 2.41. The Morgan fingerprint density at radius 3 is 2.75 bits per heavy atom. The maximum Gasteiger partial charge on any atom is 0.227 e. The van der Waals surface area contributed by atoms with Crippen molar-refractivity contribution in [2.75, 3.05) is 11.1 Å². The number of hydrogen-bond acceptors (Lipinski definition) is 5. The van der Waals surface area contributed by atoms with Crippen molar-refractivity contribution in [2.45, 2.75) is 64.1 Å². The van der Waals surface area contributed by atoms with Crippen LogP contribution in [0.3, 0.4) is 0 Å². The van der Waals surface area contributed by atoms with E-state index in [1.165, 1.54) is 19.3 Å². The summed E-state index contributed by atoms with van der Waals surface area (Å²) < 4.78 is 1.91. The van der Waals surface area contributed by atoms with E-state index in [-0.39, 0.29) is 17.2 Å². The summed E-state index contributed by atoms with van der Waals surface area (Å²) in [4.78, 5) is 17.9. The van der Waals surface area contributed by atoms with Gasteiger partial charge in [0.15, 0.2) is 5.78 Å². The molecule has 0 spiro atoms. The molecule has 28 heavy (non-hydrogen) atoms. The molecule has 4 rings (SSSR count). The average molecular weight is 397 g/mol. The number of unbranched alkanes of at least 4 members (excludes halogenated alkanes) is 2. The fourth-order valence-electron chi connectivity index (χ4n) is 4.11. The van der Waals surface area contributed by atoms with E-state index in [1.807, 2.05) is 22.9 Å². The highest BCUT2D eigenvalue weighted by molar-refractivity contribution is 7.99. The normalized spacial score (nSPS) is 20.5. The Balaban J connectivity index is 1.72. The van der Waals surface area contributed by atoms with E-state index >= 15 is 0 Å². The second kappa shape index (κ2) is 7.74. The molecule has 1 aliphatic carbocycles. The quantitative estimate of drug-likeness (QED) is 0.536. The van der Waals surface area contributed by atoms with Crippen molar-refractivity contribution in [3.63, 3.8) is 0 Å². The molecule has 1 aromatic heterocycles. The summed E-state index contributed by atoms with van der Waals surface area (Å²) >= 11 is 1.70. The van der Waals surface area contributed by atoms with Crippen LogP contribution in [0, 0.1) is 5.41 Å². The molecule has 0 amide bonds. The van der Waals surface area contributed by atoms with Crippen molar-refractivity contribution < 1.29 is 4.79 Å². The minimum atomic E-state index is -0.200. The molecule has 148 valence electrons. The van der Waals surface area contributed by atoms with Crippen molar-refractivity contribution in [1.82, 2.24) is 14.8 Å². The Hall–Kier alpha value is -2.08. The molecule has 6 heteroatoms. The highest BCUT2D eigenvalue weighted by Crippen LogP contribution is 2.45. The van der Waals surface area contributed by atoms with Crippen LogP contribution in [0.1, 0.15) is 64.5 Å². The molecular formula is C22H28N4OS. The van der Waals surface area contributed by atoms with E-state index in [2.05, 4.69) is 38.2 Å². The van der Waals surface area contributed by atoms with Crippen LogP contribution in [0.5, 0.6) is 0 Å². The number of carbonyl (C=O) groups is 1. The van der Waals surface area contributed by atoms with Gasteiger partial charge >= 0.3 is 0 Å². The summed E-state index contributed by atoms with van der Waals surface area (Å²) in [6.45, 7) is 6.52. The van der Waals surface area contributed by atoms with Crippen LogP contribution in [-0.2, 0) is 4.79 Å². The summed E-state index contributed by atoms with van der Waals surface area (Å²) in [5.41, 5.74) is 2.91. The third kappa shape index (κ3) is 3.75. The molecule has 2 heterocycles. The minimum Gasteiger partial charge on any atom is -0.328 e. The van der Waals surface area contributed by atoms with Gasteiger partial charge < -0.3 is 5.32 Å². The van der Waals surface area contributed by atoms with Crippen molar-refractivity contribution in [3.8, 4) is 0 Å². The minimum absolute atomic E-state index is 0.0376. The molecule has 0 fully saturated rings. The number of fused-ring (bicyclic) bond motifs is 1. The Kier molecular flexibility index (Phi) is 5.32. The van der Waals surface area contributed by atoms with Crippen LogP contribution in [0.15, 0.2) is 46.8 Å². The van der Waals surface area contributed by atoms with E-state index in [0.717, 1.165) is 40.1 Å². The summed E-state index contributed by atoms with van der Waals surface area (Å²) in [6, 6.07) is 9.99. The van der Waals surface area contributed by atoms with Crippen molar-refractivity contribution in [3.05, 3.63) is 47.2 Å². The average Bonchev–Trinajstić information content (AvgIpc) is 3.05. The predicted molar refractivity (Wildman–Crippen MR) is 114 cm³/mol. The van der Waals surface area contributed by atoms with Crippen LogP contribution >= 0.6 is 11.8 Å². The van der Waals surface area contributed by atoms with E-state index in [9.17, 15) is 4.79 Å². The fraction of sp³-hybridized carbons (Fsp3) is 0.500. The van der Waals surface area contributed by atoms with Gasteiger partial charge in [-0.25, -0.2) is 4.68 Å². The molecule has 2 aliphatic rings. The third-order valence-corrected chi connectivity index (χ3v) is 6.33. The van der Waals surface area contributed by atoms with Gasteiger partial charge in [0, 0.05) is 23.4 Å². The smallest absolute Gasteiger partial charge is 0.227 e. The van der Waals surface area contributed by atoms with Crippen LogP contribution < -0.4 is 5.32 Å². The lowest BCUT2D eigenvalue weighted by atomic mass is 9.73. The number of nitrogens with zero attached hydrogens (tertiary/aromatic N) is 3. The number of ketones is 1. The number of hydrogen-bond donors (Lipinski definition) is 1. The number of benzene rings is 1. The lowest BCUT2D eigenvalue weighted by Gasteiger charge is -2.38. The molecule has 0 saturated heterocycles. The number of allylic oxidation sites excluding steroid dienone is 2. The van der Waals surface area contributed by atoms with Gasteiger partial charge in [-0.1, -0.05) is 75.7 Å². The van der Waals surface area contributed by atoms with Crippen LogP contribution in [-0.4, -0.2) is 26.3 Å². The van der Waals surface area contributed by atoms with Gasteiger partial charge in [-0.2, -0.15) is 4.98 Å². The molecule has 2 aromatic rings. The number of thioether (sulfide) groups is 1. The molecule has 1 aromatic carbocycles. The van der Waals surface area contributed by atoms with Gasteiger partial charge in [-0.3, -0.25) is 4.79 Å². The molecule has 1 N–H and O–H groups in total. The molecule has 1 aliphatic heterocycles. The van der Waals surface area contributed by atoms with Gasteiger partial charge in [0.1, 0.15) is 6.04 Å². The number of aromatic nitrogens is 3. The van der Waals surface area contributed by atoms with E-state index < -0.39 is 0 Å². The Bertz CT molecular complexity index is 901. The molecule has 5 nitrogen and oxygen atoms in total. The summed E-state index contributed by atoms with van der Waals surface area (Å²) in [5.74, 6) is 1.98. The van der Waals surface area contributed by atoms with E-state index in [0.29, 0.717) is 6.42 Å². The predicted octanol–water partition coefficient (Wildman–Crippen LogP) is 5.22. The van der Waals surface area contributed by atoms with Gasteiger partial charge in [0.25, 0.3) is 0 Å². The molecule has 1 atom stereocenters. The van der Waals surface area contributed by atoms with E-state index in [4.69, 9.17) is 10.1 Å². The number of anilines is 1. The summed E-state index contributed by atoms with van der Waals surface area (Å²) in [7, 11) is 0. The Labute approximate surface area is 171 Å². The molecule has 0 unspecified atom stereocenters. The largest absolute Gasteiger partial charge is 0.328 e. The van der Waals surface area contributed by atoms with Crippen LogP contribution in [0.25, 0.3) is 0 Å². The maximum absolute atomic E-state index is 13.1. The second-order valence-electron chi connectivity index (χ2n) is 8.49. The lowest BCUT2D eigenvalue weighted by Crippen LogP contribution is -2.36. The van der Waals surface area contributed by atoms with Crippen LogP contribution in [0.4, 0.5) is 5.95 Å². The van der Waals surface area contributed by atoms with Gasteiger partial charge in [0.05, 0.1) is 0 Å². The third-order valence-electron chi connectivity index (χ3n) is 5.41. The topological polar surface area (TPSA) is 59.8 Å². The number of carbonyl (C=O) groups excluding carboxylic acids is 1. The fourth-order valence-corrected chi connectivity index (χ4v) is 4.94. The van der Waals surface area contributed by atoms with Crippen molar-refractivity contribution >= 4 is 23.5 Å². The maximum atomic E-state index is 13.1. The molecular weight excluding hydrogens is 368 g/mol. The zero-order valence-corrected chi connectivity index (χ0v) is 17.7. The second-order valence-corrected chi connectivity index (χ2v) is 9.55. The molecule has 0 saturated carbocycles. The van der Waals surface area contributed by atoms with Crippen molar-refractivity contribution in [1.29, 1.82) is 0 Å². The first-order chi connectivity index (χ1) is 13.5.